The van der Waals surface area contributed by atoms with Crippen molar-refractivity contribution in [2.45, 2.75) is 26.3 Å². The third kappa shape index (κ3) is 1.70. The summed E-state index contributed by atoms with van der Waals surface area (Å²) < 4.78 is 5.33. The van der Waals surface area contributed by atoms with Crippen LogP contribution in [0.1, 0.15) is 20.3 Å². The van der Waals surface area contributed by atoms with Gasteiger partial charge in [0.2, 0.25) is 0 Å². The van der Waals surface area contributed by atoms with Crippen molar-refractivity contribution < 1.29 is 4.74 Å². The van der Waals surface area contributed by atoms with Gasteiger partial charge in [0.05, 0.1) is 6.61 Å². The SMILES string of the molecule is CC(C)[C@@H]1COCC[C@@H]1N. The first-order valence-corrected chi connectivity index (χ1v) is 4.05. The number of hydrogen-bond acceptors (Lipinski definition) is 2. The highest BCUT2D eigenvalue weighted by atomic mass is 16.5. The smallest absolute Gasteiger partial charge is 0.0511 e. The molecule has 0 saturated carbocycles. The average molecular weight is 143 g/mol. The molecule has 10 heavy (non-hydrogen) atoms. The minimum atomic E-state index is 0.369. The van der Waals surface area contributed by atoms with Crippen LogP contribution < -0.4 is 5.73 Å². The third-order valence-corrected chi connectivity index (χ3v) is 2.31. The lowest BCUT2D eigenvalue weighted by molar-refractivity contribution is 0.0240. The summed E-state index contributed by atoms with van der Waals surface area (Å²) in [6, 6.07) is 0.369. The summed E-state index contributed by atoms with van der Waals surface area (Å²) in [6.07, 6.45) is 1.03. The average Bonchev–Trinajstić information content (AvgIpc) is 1.88. The van der Waals surface area contributed by atoms with Gasteiger partial charge in [-0.3, -0.25) is 0 Å². The zero-order valence-corrected chi connectivity index (χ0v) is 6.84. The Balaban J connectivity index is 2.40. The largest absolute Gasteiger partial charge is 0.381 e. The molecule has 1 rings (SSSR count). The van der Waals surface area contributed by atoms with E-state index in [-0.39, 0.29) is 0 Å². The molecule has 0 aliphatic carbocycles. The van der Waals surface area contributed by atoms with Gasteiger partial charge < -0.3 is 10.5 Å². The van der Waals surface area contributed by atoms with Gasteiger partial charge in [0.25, 0.3) is 0 Å². The zero-order chi connectivity index (χ0) is 7.56. The van der Waals surface area contributed by atoms with Gasteiger partial charge in [0, 0.05) is 12.6 Å². The van der Waals surface area contributed by atoms with E-state index in [0.29, 0.717) is 17.9 Å². The molecular formula is C8H17NO. The molecule has 0 unspecified atom stereocenters. The van der Waals surface area contributed by atoms with E-state index in [9.17, 15) is 0 Å². The van der Waals surface area contributed by atoms with Crippen LogP contribution in [-0.2, 0) is 4.74 Å². The molecule has 2 N–H and O–H groups in total. The second kappa shape index (κ2) is 3.35. The third-order valence-electron chi connectivity index (χ3n) is 2.31. The standard InChI is InChI=1S/C8H17NO/c1-6(2)7-5-10-4-3-8(7)9/h6-8H,3-5,9H2,1-2H3/t7-,8-/m0/s1. The molecule has 1 fully saturated rings. The number of hydrogen-bond donors (Lipinski definition) is 1. The Kier molecular flexibility index (Phi) is 2.69. The molecule has 1 heterocycles. The molecule has 1 aliphatic rings. The predicted octanol–water partition coefficient (Wildman–Crippen LogP) is 1.01. The van der Waals surface area contributed by atoms with Crippen molar-refractivity contribution >= 4 is 0 Å². The van der Waals surface area contributed by atoms with Gasteiger partial charge in [0.15, 0.2) is 0 Å². The highest BCUT2D eigenvalue weighted by Gasteiger charge is 2.24. The summed E-state index contributed by atoms with van der Waals surface area (Å²) in [5, 5.41) is 0. The molecule has 1 aliphatic heterocycles. The van der Waals surface area contributed by atoms with Crippen LogP contribution in [0.15, 0.2) is 0 Å². The highest BCUT2D eigenvalue weighted by molar-refractivity contribution is 4.78. The van der Waals surface area contributed by atoms with E-state index in [1.54, 1.807) is 0 Å². The van der Waals surface area contributed by atoms with Crippen LogP contribution in [-0.4, -0.2) is 19.3 Å². The van der Waals surface area contributed by atoms with E-state index in [1.807, 2.05) is 0 Å². The van der Waals surface area contributed by atoms with Crippen LogP contribution in [0, 0.1) is 11.8 Å². The van der Waals surface area contributed by atoms with Crippen molar-refractivity contribution in [1.29, 1.82) is 0 Å². The maximum Gasteiger partial charge on any atom is 0.0511 e. The monoisotopic (exact) mass is 143 g/mol. The lowest BCUT2D eigenvalue weighted by atomic mass is 9.87. The number of nitrogens with two attached hydrogens (primary N) is 1. The summed E-state index contributed by atoms with van der Waals surface area (Å²) in [6.45, 7) is 6.13. The molecular weight excluding hydrogens is 126 g/mol. The Morgan fingerprint density at radius 2 is 2.20 bits per heavy atom. The summed E-state index contributed by atoms with van der Waals surface area (Å²) in [7, 11) is 0. The summed E-state index contributed by atoms with van der Waals surface area (Å²) in [5.74, 6) is 1.24. The molecule has 0 aromatic carbocycles. The molecule has 0 aromatic heterocycles. The second-order valence-corrected chi connectivity index (χ2v) is 3.44. The molecule has 1 saturated heterocycles. The van der Waals surface area contributed by atoms with E-state index >= 15 is 0 Å². The van der Waals surface area contributed by atoms with E-state index in [4.69, 9.17) is 10.5 Å². The summed E-state index contributed by atoms with van der Waals surface area (Å²) >= 11 is 0. The van der Waals surface area contributed by atoms with Crippen molar-refractivity contribution in [2.24, 2.45) is 17.6 Å². The fourth-order valence-electron chi connectivity index (χ4n) is 1.46. The molecule has 0 radical (unpaired) electrons. The first-order chi connectivity index (χ1) is 4.72. The lowest BCUT2D eigenvalue weighted by Gasteiger charge is -2.31. The van der Waals surface area contributed by atoms with Crippen molar-refractivity contribution in [2.75, 3.05) is 13.2 Å². The first-order valence-electron chi connectivity index (χ1n) is 4.05. The Morgan fingerprint density at radius 3 is 2.60 bits per heavy atom. The Hall–Kier alpha value is -0.0800. The first kappa shape index (κ1) is 8.02. The van der Waals surface area contributed by atoms with Crippen LogP contribution in [0.2, 0.25) is 0 Å². The van der Waals surface area contributed by atoms with Gasteiger partial charge in [-0.15, -0.1) is 0 Å². The highest BCUT2D eigenvalue weighted by Crippen LogP contribution is 2.20. The Bertz CT molecular complexity index is 103. The topological polar surface area (TPSA) is 35.2 Å². The fourth-order valence-corrected chi connectivity index (χ4v) is 1.46. The minimum Gasteiger partial charge on any atom is -0.381 e. The molecule has 0 spiro atoms. The Labute approximate surface area is 62.7 Å². The van der Waals surface area contributed by atoms with E-state index in [0.717, 1.165) is 19.6 Å². The second-order valence-electron chi connectivity index (χ2n) is 3.44. The minimum absolute atomic E-state index is 0.369. The van der Waals surface area contributed by atoms with Crippen LogP contribution in [0.5, 0.6) is 0 Å². The van der Waals surface area contributed by atoms with Crippen molar-refractivity contribution in [3.8, 4) is 0 Å². The summed E-state index contributed by atoms with van der Waals surface area (Å²) in [5.41, 5.74) is 5.90. The van der Waals surface area contributed by atoms with Crippen LogP contribution >= 0.6 is 0 Å². The van der Waals surface area contributed by atoms with Gasteiger partial charge in [-0.05, 0) is 18.3 Å². The van der Waals surface area contributed by atoms with E-state index in [1.165, 1.54) is 0 Å². The van der Waals surface area contributed by atoms with Crippen LogP contribution in [0.3, 0.4) is 0 Å². The zero-order valence-electron chi connectivity index (χ0n) is 6.84. The van der Waals surface area contributed by atoms with E-state index < -0.39 is 0 Å². The van der Waals surface area contributed by atoms with Crippen LogP contribution in [0.25, 0.3) is 0 Å². The maximum absolute atomic E-state index is 5.90. The number of rotatable bonds is 1. The lowest BCUT2D eigenvalue weighted by Crippen LogP contribution is -2.41. The van der Waals surface area contributed by atoms with Crippen molar-refractivity contribution in [1.82, 2.24) is 0 Å². The van der Waals surface area contributed by atoms with Crippen molar-refractivity contribution in [3.63, 3.8) is 0 Å². The van der Waals surface area contributed by atoms with Crippen molar-refractivity contribution in [3.05, 3.63) is 0 Å². The van der Waals surface area contributed by atoms with Crippen LogP contribution in [0.4, 0.5) is 0 Å². The molecule has 2 heteroatoms. The quantitative estimate of drug-likeness (QED) is 0.594. The molecule has 60 valence electrons. The van der Waals surface area contributed by atoms with Gasteiger partial charge in [-0.2, -0.15) is 0 Å². The molecule has 2 nitrogen and oxygen atoms in total. The number of ether oxygens (including phenoxy) is 1. The van der Waals surface area contributed by atoms with E-state index in [2.05, 4.69) is 13.8 Å². The van der Waals surface area contributed by atoms with Gasteiger partial charge in [0.1, 0.15) is 0 Å². The molecule has 0 bridgehead atoms. The Morgan fingerprint density at radius 1 is 1.50 bits per heavy atom. The fraction of sp³-hybridized carbons (Fsp3) is 1.00. The predicted molar refractivity (Wildman–Crippen MR) is 41.7 cm³/mol. The molecule has 0 aromatic rings. The van der Waals surface area contributed by atoms with Gasteiger partial charge in [-0.25, -0.2) is 0 Å². The van der Waals surface area contributed by atoms with Gasteiger partial charge >= 0.3 is 0 Å². The maximum atomic E-state index is 5.90. The van der Waals surface area contributed by atoms with Gasteiger partial charge in [-0.1, -0.05) is 13.8 Å². The summed E-state index contributed by atoms with van der Waals surface area (Å²) in [4.78, 5) is 0. The molecule has 2 atom stereocenters. The molecule has 0 amide bonds. The normalized spacial score (nSPS) is 34.8.